The Morgan fingerprint density at radius 1 is 1.35 bits per heavy atom. The van der Waals surface area contributed by atoms with Crippen molar-refractivity contribution >= 4 is 18.5 Å². The monoisotopic (exact) mass is 298 g/mol. The number of nitrogens with two attached hydrogens (primary N) is 1. The van der Waals surface area contributed by atoms with Crippen LogP contribution in [0, 0.1) is 13.8 Å². The number of hydrogen-bond acceptors (Lipinski definition) is 4. The fraction of sp³-hybridized carbons (Fsp3) is 0.533. The van der Waals surface area contributed by atoms with Crippen molar-refractivity contribution in [2.45, 2.75) is 46.5 Å². The van der Waals surface area contributed by atoms with Gasteiger partial charge in [0.05, 0.1) is 0 Å². The highest BCUT2D eigenvalue weighted by Crippen LogP contribution is 2.33. The minimum Gasteiger partial charge on any atom is -0.507 e. The lowest BCUT2D eigenvalue weighted by Gasteiger charge is -2.22. The number of hydrazine groups is 1. The van der Waals surface area contributed by atoms with Crippen LogP contribution in [0.15, 0.2) is 12.1 Å². The predicted octanol–water partition coefficient (Wildman–Crippen LogP) is 2.60. The van der Waals surface area contributed by atoms with Gasteiger partial charge in [-0.25, -0.2) is 5.84 Å². The van der Waals surface area contributed by atoms with Gasteiger partial charge in [-0.15, -0.1) is 0 Å². The second-order valence-corrected chi connectivity index (χ2v) is 6.22. The standard InChI is InChI=1S/C12H18O.C3H8N2OS/c1-8-6-9(2)11(13)10(7-8)12(3,4)5;4-5-3(6)1-2-7/h6-7,13H,1-5H3;7H,1-2,4H2,(H,5,6). The lowest BCUT2D eigenvalue weighted by atomic mass is 9.84. The van der Waals surface area contributed by atoms with Gasteiger partial charge >= 0.3 is 0 Å². The number of nitrogens with one attached hydrogen (secondary N) is 1. The van der Waals surface area contributed by atoms with Crippen LogP contribution in [0.25, 0.3) is 0 Å². The van der Waals surface area contributed by atoms with Gasteiger partial charge in [-0.05, 0) is 36.1 Å². The van der Waals surface area contributed by atoms with Crippen LogP contribution in [-0.2, 0) is 10.2 Å². The first kappa shape index (κ1) is 18.8. The molecule has 0 saturated carbocycles. The normalized spacial score (nSPS) is 10.6. The van der Waals surface area contributed by atoms with Crippen LogP contribution in [-0.4, -0.2) is 16.8 Å². The molecule has 20 heavy (non-hydrogen) atoms. The molecule has 0 heterocycles. The molecular formula is C15H26N2O2S. The topological polar surface area (TPSA) is 75.3 Å². The van der Waals surface area contributed by atoms with Gasteiger partial charge in [0.2, 0.25) is 5.91 Å². The molecule has 0 aliphatic heterocycles. The van der Waals surface area contributed by atoms with E-state index in [-0.39, 0.29) is 11.3 Å². The number of phenolic OH excluding ortho intramolecular Hbond substituents is 1. The number of benzene rings is 1. The molecule has 0 unspecified atom stereocenters. The summed E-state index contributed by atoms with van der Waals surface area (Å²) in [5.41, 5.74) is 5.20. The maximum atomic E-state index is 10.1. The van der Waals surface area contributed by atoms with Gasteiger partial charge in [0.15, 0.2) is 0 Å². The number of aryl methyl sites for hydroxylation is 2. The zero-order valence-corrected chi connectivity index (χ0v) is 13.8. The molecule has 1 aromatic carbocycles. The van der Waals surface area contributed by atoms with Crippen LogP contribution in [0.4, 0.5) is 0 Å². The Bertz CT molecular complexity index is 454. The number of hydrogen-bond donors (Lipinski definition) is 4. The van der Waals surface area contributed by atoms with E-state index < -0.39 is 0 Å². The molecule has 5 heteroatoms. The summed E-state index contributed by atoms with van der Waals surface area (Å²) >= 11 is 3.80. The molecule has 1 aromatic rings. The highest BCUT2D eigenvalue weighted by atomic mass is 32.1. The molecule has 0 bridgehead atoms. The Morgan fingerprint density at radius 2 is 1.90 bits per heavy atom. The van der Waals surface area contributed by atoms with Gasteiger partial charge in [0.25, 0.3) is 0 Å². The van der Waals surface area contributed by atoms with Gasteiger partial charge in [-0.1, -0.05) is 38.5 Å². The third-order valence-corrected chi connectivity index (χ3v) is 2.98. The van der Waals surface area contributed by atoms with Crippen LogP contribution in [0.3, 0.4) is 0 Å². The van der Waals surface area contributed by atoms with Crippen molar-refractivity contribution in [3.05, 3.63) is 28.8 Å². The summed E-state index contributed by atoms with van der Waals surface area (Å²) in [7, 11) is 0. The Hall–Kier alpha value is -1.20. The molecule has 0 fully saturated rings. The van der Waals surface area contributed by atoms with Crippen molar-refractivity contribution in [3.8, 4) is 5.75 Å². The molecule has 0 aromatic heterocycles. The summed E-state index contributed by atoms with van der Waals surface area (Å²) in [5.74, 6) is 5.54. The largest absolute Gasteiger partial charge is 0.507 e. The van der Waals surface area contributed by atoms with Crippen molar-refractivity contribution in [2.75, 3.05) is 5.75 Å². The van der Waals surface area contributed by atoms with Crippen molar-refractivity contribution in [1.82, 2.24) is 5.43 Å². The van der Waals surface area contributed by atoms with E-state index >= 15 is 0 Å². The summed E-state index contributed by atoms with van der Waals surface area (Å²) in [6.07, 6.45) is 0.389. The Balaban J connectivity index is 0.000000441. The number of carbonyl (C=O) groups excluding carboxylic acids is 1. The first-order valence-electron chi connectivity index (χ1n) is 6.54. The van der Waals surface area contributed by atoms with Gasteiger partial charge < -0.3 is 5.11 Å². The van der Waals surface area contributed by atoms with E-state index in [0.29, 0.717) is 17.9 Å². The maximum Gasteiger partial charge on any atom is 0.234 e. The Morgan fingerprint density at radius 3 is 2.25 bits per heavy atom. The van der Waals surface area contributed by atoms with Crippen LogP contribution >= 0.6 is 12.6 Å². The molecule has 4 N–H and O–H groups in total. The summed E-state index contributed by atoms with van der Waals surface area (Å²) in [4.78, 5) is 10.1. The lowest BCUT2D eigenvalue weighted by Crippen LogP contribution is -2.29. The van der Waals surface area contributed by atoms with Crippen molar-refractivity contribution < 1.29 is 9.90 Å². The number of amides is 1. The highest BCUT2D eigenvalue weighted by Gasteiger charge is 2.19. The van der Waals surface area contributed by atoms with Gasteiger partial charge in [-0.2, -0.15) is 12.6 Å². The third kappa shape index (κ3) is 6.30. The second kappa shape index (κ2) is 8.17. The molecular weight excluding hydrogens is 272 g/mol. The molecule has 4 nitrogen and oxygen atoms in total. The molecule has 1 rings (SSSR count). The van der Waals surface area contributed by atoms with Crippen LogP contribution in [0.2, 0.25) is 0 Å². The predicted molar refractivity (Wildman–Crippen MR) is 87.1 cm³/mol. The zero-order chi connectivity index (χ0) is 15.9. The average Bonchev–Trinajstić information content (AvgIpc) is 2.33. The Labute approximate surface area is 127 Å². The number of rotatable bonds is 2. The van der Waals surface area contributed by atoms with Crippen LogP contribution in [0.5, 0.6) is 5.75 Å². The quantitative estimate of drug-likeness (QED) is 0.293. The van der Waals surface area contributed by atoms with Gasteiger partial charge in [0.1, 0.15) is 5.75 Å². The molecule has 0 aliphatic carbocycles. The van der Waals surface area contributed by atoms with Gasteiger partial charge in [0, 0.05) is 6.42 Å². The molecule has 0 atom stereocenters. The van der Waals surface area contributed by atoms with E-state index in [1.54, 1.807) is 0 Å². The molecule has 1 amide bonds. The summed E-state index contributed by atoms with van der Waals surface area (Å²) in [5, 5.41) is 9.86. The van der Waals surface area contributed by atoms with E-state index in [1.165, 1.54) is 5.56 Å². The first-order chi connectivity index (χ1) is 9.13. The fourth-order valence-corrected chi connectivity index (χ4v) is 1.91. The third-order valence-electron chi connectivity index (χ3n) is 2.75. The number of phenols is 1. The summed E-state index contributed by atoms with van der Waals surface area (Å²) in [6, 6.07) is 4.06. The number of aromatic hydroxyl groups is 1. The average molecular weight is 298 g/mol. The zero-order valence-electron chi connectivity index (χ0n) is 12.9. The van der Waals surface area contributed by atoms with E-state index in [9.17, 15) is 9.90 Å². The Kier molecular flexibility index (Phi) is 7.68. The smallest absolute Gasteiger partial charge is 0.234 e. The molecule has 114 valence electrons. The second-order valence-electron chi connectivity index (χ2n) is 5.77. The minimum atomic E-state index is -0.171. The van der Waals surface area contributed by atoms with E-state index in [0.717, 1.165) is 11.1 Å². The summed E-state index contributed by atoms with van der Waals surface area (Å²) in [6.45, 7) is 10.3. The van der Waals surface area contributed by atoms with E-state index in [4.69, 9.17) is 5.84 Å². The van der Waals surface area contributed by atoms with Crippen LogP contribution < -0.4 is 11.3 Å². The van der Waals surface area contributed by atoms with Crippen LogP contribution in [0.1, 0.15) is 43.9 Å². The molecule has 0 aliphatic rings. The van der Waals surface area contributed by atoms with Gasteiger partial charge in [-0.3, -0.25) is 10.2 Å². The van der Waals surface area contributed by atoms with Crippen molar-refractivity contribution in [1.29, 1.82) is 0 Å². The fourth-order valence-electron chi connectivity index (χ4n) is 1.71. The highest BCUT2D eigenvalue weighted by molar-refractivity contribution is 7.80. The lowest BCUT2D eigenvalue weighted by molar-refractivity contribution is -0.120. The maximum absolute atomic E-state index is 10.1. The SMILES string of the molecule is Cc1cc(C)c(O)c(C(C)(C)C)c1.NNC(=O)CCS. The molecule has 0 radical (unpaired) electrons. The first-order valence-corrected chi connectivity index (χ1v) is 7.17. The van der Waals surface area contributed by atoms with Crippen molar-refractivity contribution in [3.63, 3.8) is 0 Å². The molecule has 0 saturated heterocycles. The summed E-state index contributed by atoms with van der Waals surface area (Å²) < 4.78 is 0. The minimum absolute atomic E-state index is 0.0147. The van der Waals surface area contributed by atoms with E-state index in [2.05, 4.69) is 46.4 Å². The number of carbonyl (C=O) groups is 1. The van der Waals surface area contributed by atoms with Crippen molar-refractivity contribution in [2.24, 2.45) is 5.84 Å². The number of thiol groups is 1. The molecule has 0 spiro atoms. The van der Waals surface area contributed by atoms with E-state index in [1.807, 2.05) is 18.4 Å².